The van der Waals surface area contributed by atoms with E-state index in [1.54, 1.807) is 20.2 Å². The van der Waals surface area contributed by atoms with Gasteiger partial charge in [-0.1, -0.05) is 0 Å². The molecule has 0 aromatic heterocycles. The second-order valence-corrected chi connectivity index (χ2v) is 0.832. The van der Waals surface area contributed by atoms with Crippen LogP contribution in [0.1, 0.15) is 6.92 Å². The molecule has 0 aliphatic rings. The minimum absolute atomic E-state index is 0. The first-order valence-electron chi connectivity index (χ1n) is 1.48. The Morgan fingerprint density at radius 3 is 1.83 bits per heavy atom. The highest BCUT2D eigenvalue weighted by atomic mass is 35.5. The minimum Gasteiger partial charge on any atom is -1.00 e. The standard InChI is InChI=1S/C3H8NO.ClH/c1-3-4(2)5;/h3,5H,1-2H3;1H/q+1;/p-1. The average molecular weight is 110 g/mol. The molecule has 0 aromatic rings. The topological polar surface area (TPSA) is 23.2 Å². The van der Waals surface area contributed by atoms with Gasteiger partial charge in [0.2, 0.25) is 0 Å². The van der Waals surface area contributed by atoms with Crippen molar-refractivity contribution in [2.24, 2.45) is 0 Å². The molecule has 0 aliphatic heterocycles. The van der Waals surface area contributed by atoms with Crippen molar-refractivity contribution < 1.29 is 22.4 Å². The quantitative estimate of drug-likeness (QED) is 0.154. The normalized spacial score (nSPS) is 10.0. The number of hydrogen-bond donors (Lipinski definition) is 1. The van der Waals surface area contributed by atoms with E-state index < -0.39 is 0 Å². The highest BCUT2D eigenvalue weighted by Crippen LogP contribution is 1.42. The molecule has 2 nitrogen and oxygen atoms in total. The molecular weight excluding hydrogens is 101 g/mol. The van der Waals surface area contributed by atoms with Crippen LogP contribution < -0.4 is 12.4 Å². The van der Waals surface area contributed by atoms with Gasteiger partial charge < -0.3 is 12.4 Å². The largest absolute Gasteiger partial charge is 1.00 e. The molecule has 0 bridgehead atoms. The summed E-state index contributed by atoms with van der Waals surface area (Å²) in [5.74, 6) is 0. The van der Waals surface area contributed by atoms with Crippen LogP contribution in [0.15, 0.2) is 0 Å². The van der Waals surface area contributed by atoms with Gasteiger partial charge in [-0.15, -0.1) is 0 Å². The van der Waals surface area contributed by atoms with Crippen LogP contribution in [0.3, 0.4) is 0 Å². The molecule has 0 aromatic carbocycles. The summed E-state index contributed by atoms with van der Waals surface area (Å²) in [6.45, 7) is 1.75. The minimum atomic E-state index is 0. The molecule has 6 heavy (non-hydrogen) atoms. The van der Waals surface area contributed by atoms with Crippen molar-refractivity contribution in [1.29, 1.82) is 0 Å². The molecule has 3 heteroatoms. The lowest BCUT2D eigenvalue weighted by Crippen LogP contribution is -3.00. The van der Waals surface area contributed by atoms with Gasteiger partial charge in [0.25, 0.3) is 0 Å². The van der Waals surface area contributed by atoms with Crippen LogP contribution in [-0.4, -0.2) is 23.2 Å². The monoisotopic (exact) mass is 109 g/mol. The van der Waals surface area contributed by atoms with E-state index in [1.807, 2.05) is 0 Å². The summed E-state index contributed by atoms with van der Waals surface area (Å²) in [6, 6.07) is 0. The molecule has 0 rings (SSSR count). The third-order valence-electron chi connectivity index (χ3n) is 0.374. The fourth-order valence-electron chi connectivity index (χ4n) is 0. The van der Waals surface area contributed by atoms with Crippen LogP contribution >= 0.6 is 0 Å². The van der Waals surface area contributed by atoms with Crippen molar-refractivity contribution in [3.8, 4) is 0 Å². The van der Waals surface area contributed by atoms with E-state index >= 15 is 0 Å². The molecule has 0 fully saturated rings. The molecule has 0 radical (unpaired) electrons. The van der Waals surface area contributed by atoms with Crippen LogP contribution in [0, 0.1) is 0 Å². The van der Waals surface area contributed by atoms with Crippen LogP contribution in [0.2, 0.25) is 0 Å². The predicted molar refractivity (Wildman–Crippen MR) is 19.7 cm³/mol. The Morgan fingerprint density at radius 2 is 1.83 bits per heavy atom. The fraction of sp³-hybridized carbons (Fsp3) is 0.667. The van der Waals surface area contributed by atoms with E-state index in [1.165, 1.54) is 0 Å². The molecule has 0 amide bonds. The molecule has 1 N–H and O–H groups in total. The summed E-state index contributed by atoms with van der Waals surface area (Å²) in [4.78, 5) is 0. The summed E-state index contributed by atoms with van der Waals surface area (Å²) >= 11 is 0. The molecule has 0 aliphatic carbocycles. The Hall–Kier alpha value is -0.240. The first-order chi connectivity index (χ1) is 2.27. The maximum Gasteiger partial charge on any atom is 0.188 e. The zero-order valence-electron chi connectivity index (χ0n) is 3.85. The van der Waals surface area contributed by atoms with Crippen molar-refractivity contribution in [2.45, 2.75) is 6.92 Å². The molecule has 38 valence electrons. The van der Waals surface area contributed by atoms with Gasteiger partial charge in [-0.25, -0.2) is 0 Å². The van der Waals surface area contributed by atoms with Crippen molar-refractivity contribution in [3.63, 3.8) is 0 Å². The maximum absolute atomic E-state index is 8.14. The van der Waals surface area contributed by atoms with Crippen molar-refractivity contribution in [3.05, 3.63) is 0 Å². The van der Waals surface area contributed by atoms with Gasteiger partial charge >= 0.3 is 0 Å². The Bertz CT molecular complexity index is 48.8. The molecule has 0 heterocycles. The van der Waals surface area contributed by atoms with E-state index in [0.717, 1.165) is 4.74 Å². The van der Waals surface area contributed by atoms with Gasteiger partial charge in [0.15, 0.2) is 13.3 Å². The van der Waals surface area contributed by atoms with Gasteiger partial charge in [0, 0.05) is 6.92 Å². The summed E-state index contributed by atoms with van der Waals surface area (Å²) in [6.07, 6.45) is 1.56. The van der Waals surface area contributed by atoms with Crippen molar-refractivity contribution in [2.75, 3.05) is 7.05 Å². The highest BCUT2D eigenvalue weighted by Gasteiger charge is 1.69. The van der Waals surface area contributed by atoms with Gasteiger partial charge in [0.1, 0.15) is 0 Å². The predicted octanol–water partition coefficient (Wildman–Crippen LogP) is -2.89. The zero-order valence-corrected chi connectivity index (χ0v) is 4.61. The third-order valence-corrected chi connectivity index (χ3v) is 0.374. The van der Waals surface area contributed by atoms with Gasteiger partial charge in [-0.2, -0.15) is 0 Å². The van der Waals surface area contributed by atoms with Crippen LogP contribution in [0.4, 0.5) is 0 Å². The van der Waals surface area contributed by atoms with Crippen molar-refractivity contribution in [1.82, 2.24) is 0 Å². The lowest BCUT2D eigenvalue weighted by atomic mass is 10.9. The molecular formula is C3H8ClNO. The first kappa shape index (κ1) is 9.23. The van der Waals surface area contributed by atoms with Crippen LogP contribution in [-0.2, 0) is 0 Å². The summed E-state index contributed by atoms with van der Waals surface area (Å²) in [5, 5.41) is 8.14. The van der Waals surface area contributed by atoms with E-state index in [0.29, 0.717) is 0 Å². The number of nitrogens with zero attached hydrogens (tertiary/aromatic N) is 1. The van der Waals surface area contributed by atoms with E-state index in [9.17, 15) is 0 Å². The van der Waals surface area contributed by atoms with E-state index in [-0.39, 0.29) is 12.4 Å². The smallest absolute Gasteiger partial charge is 0.188 e. The molecule has 0 saturated carbocycles. The summed E-state index contributed by atoms with van der Waals surface area (Å²) in [7, 11) is 1.56. The summed E-state index contributed by atoms with van der Waals surface area (Å²) in [5.41, 5.74) is 0. The fourth-order valence-corrected chi connectivity index (χ4v) is 0. The number of rotatable bonds is 0. The Balaban J connectivity index is 0. The molecule has 0 unspecified atom stereocenters. The second kappa shape index (κ2) is 4.76. The molecule has 0 spiro atoms. The third kappa shape index (κ3) is 9.25. The van der Waals surface area contributed by atoms with Gasteiger partial charge in [0.05, 0.1) is 0 Å². The first-order valence-corrected chi connectivity index (χ1v) is 1.48. The maximum atomic E-state index is 8.14. The zero-order chi connectivity index (χ0) is 4.28. The number of hydrogen-bond acceptors (Lipinski definition) is 1. The lowest BCUT2D eigenvalue weighted by molar-refractivity contribution is -0.751. The van der Waals surface area contributed by atoms with Crippen LogP contribution in [0.25, 0.3) is 0 Å². The summed E-state index contributed by atoms with van der Waals surface area (Å²) < 4.78 is 1.00. The Labute approximate surface area is 43.5 Å². The Kier molecular flexibility index (Phi) is 7.32. The lowest BCUT2D eigenvalue weighted by Gasteiger charge is -1.68. The highest BCUT2D eigenvalue weighted by molar-refractivity contribution is 5.45. The van der Waals surface area contributed by atoms with E-state index in [2.05, 4.69) is 0 Å². The SMILES string of the molecule is CC=[N+](C)O.[Cl-]. The molecule has 0 saturated heterocycles. The van der Waals surface area contributed by atoms with Crippen LogP contribution in [0.5, 0.6) is 0 Å². The van der Waals surface area contributed by atoms with Gasteiger partial charge in [-0.05, 0) is 4.74 Å². The number of halogens is 1. The van der Waals surface area contributed by atoms with Crippen molar-refractivity contribution >= 4 is 6.21 Å². The number of hydroxylamine groups is 1. The second-order valence-electron chi connectivity index (χ2n) is 0.832. The molecule has 0 atom stereocenters. The van der Waals surface area contributed by atoms with E-state index in [4.69, 9.17) is 5.21 Å². The average Bonchev–Trinajstić information content (AvgIpc) is 1.38. The van der Waals surface area contributed by atoms with Gasteiger partial charge in [-0.3, -0.25) is 5.21 Å². The Morgan fingerprint density at radius 1 is 1.67 bits per heavy atom.